The number of ether oxygens (including phenoxy) is 1. The molecule has 1 N–H and O–H groups in total. The number of likely N-dealkylation sites (N-methyl/N-ethyl adjacent to an activating group) is 1. The minimum atomic E-state index is -0.0867. The van der Waals surface area contributed by atoms with E-state index in [1.165, 1.54) is 6.42 Å². The van der Waals surface area contributed by atoms with Crippen LogP contribution in [-0.4, -0.2) is 49.3 Å². The van der Waals surface area contributed by atoms with Crippen LogP contribution in [0.15, 0.2) is 0 Å². The highest BCUT2D eigenvalue weighted by molar-refractivity contribution is 4.93. The number of nitriles is 1. The molecule has 1 saturated heterocycles. The van der Waals surface area contributed by atoms with Crippen molar-refractivity contribution in [1.29, 1.82) is 5.26 Å². The fraction of sp³-hybridized carbons (Fsp3) is 0.923. The highest BCUT2D eigenvalue weighted by atomic mass is 16.5. The summed E-state index contributed by atoms with van der Waals surface area (Å²) in [5, 5.41) is 12.4. The summed E-state index contributed by atoms with van der Waals surface area (Å²) < 4.78 is 5.64. The molecule has 1 aliphatic heterocycles. The average Bonchev–Trinajstić information content (AvgIpc) is 2.79. The molecule has 4 heteroatoms. The predicted molar refractivity (Wildman–Crippen MR) is 68.8 cm³/mol. The van der Waals surface area contributed by atoms with Gasteiger partial charge in [-0.1, -0.05) is 6.92 Å². The minimum absolute atomic E-state index is 0.0867. The molecule has 2 atom stereocenters. The molecule has 2 unspecified atom stereocenters. The van der Waals surface area contributed by atoms with E-state index >= 15 is 0 Å². The van der Waals surface area contributed by atoms with Crippen molar-refractivity contribution in [2.24, 2.45) is 0 Å². The summed E-state index contributed by atoms with van der Waals surface area (Å²) in [7, 11) is 0. The number of hydrogen-bond donors (Lipinski definition) is 1. The normalized spacial score (nSPS) is 22.0. The van der Waals surface area contributed by atoms with Gasteiger partial charge in [-0.3, -0.25) is 10.2 Å². The molecule has 0 aliphatic carbocycles. The van der Waals surface area contributed by atoms with E-state index in [9.17, 15) is 0 Å². The molecular formula is C13H25N3O. The average molecular weight is 239 g/mol. The second kappa shape index (κ2) is 7.65. The molecule has 1 aliphatic rings. The molecular weight excluding hydrogens is 214 g/mol. The molecule has 1 fully saturated rings. The van der Waals surface area contributed by atoms with Gasteiger partial charge in [0.1, 0.15) is 6.04 Å². The Labute approximate surface area is 105 Å². The smallest absolute Gasteiger partial charge is 0.108 e. The lowest BCUT2D eigenvalue weighted by Crippen LogP contribution is -2.45. The van der Waals surface area contributed by atoms with Crippen LogP contribution in [0.1, 0.15) is 33.6 Å². The molecule has 1 rings (SSSR count). The van der Waals surface area contributed by atoms with Crippen molar-refractivity contribution < 1.29 is 4.74 Å². The molecule has 17 heavy (non-hydrogen) atoms. The summed E-state index contributed by atoms with van der Waals surface area (Å²) in [4.78, 5) is 2.30. The van der Waals surface area contributed by atoms with Crippen LogP contribution in [0.2, 0.25) is 0 Å². The first-order chi connectivity index (χ1) is 8.15. The van der Waals surface area contributed by atoms with Crippen molar-refractivity contribution >= 4 is 0 Å². The highest BCUT2D eigenvalue weighted by Gasteiger charge is 2.20. The van der Waals surface area contributed by atoms with E-state index in [-0.39, 0.29) is 6.04 Å². The van der Waals surface area contributed by atoms with Gasteiger partial charge >= 0.3 is 0 Å². The molecule has 0 aromatic carbocycles. The fourth-order valence-corrected chi connectivity index (χ4v) is 2.20. The van der Waals surface area contributed by atoms with Crippen molar-refractivity contribution in [1.82, 2.24) is 10.2 Å². The summed E-state index contributed by atoms with van der Waals surface area (Å²) >= 11 is 0. The Morgan fingerprint density at radius 3 is 2.76 bits per heavy atom. The lowest BCUT2D eigenvalue weighted by Gasteiger charge is -2.26. The topological polar surface area (TPSA) is 48.3 Å². The van der Waals surface area contributed by atoms with Crippen LogP contribution in [0.4, 0.5) is 0 Å². The van der Waals surface area contributed by atoms with Crippen LogP contribution < -0.4 is 5.32 Å². The molecule has 4 nitrogen and oxygen atoms in total. The number of nitrogens with zero attached hydrogens (tertiary/aromatic N) is 2. The first-order valence-electron chi connectivity index (χ1n) is 6.65. The van der Waals surface area contributed by atoms with Gasteiger partial charge in [-0.05, 0) is 33.2 Å². The van der Waals surface area contributed by atoms with Gasteiger partial charge < -0.3 is 4.74 Å². The van der Waals surface area contributed by atoms with Gasteiger partial charge in [0.2, 0.25) is 0 Å². The van der Waals surface area contributed by atoms with Gasteiger partial charge in [-0.15, -0.1) is 0 Å². The molecule has 0 saturated carbocycles. The molecule has 0 amide bonds. The Balaban J connectivity index is 2.35. The second-order valence-corrected chi connectivity index (χ2v) is 4.99. The lowest BCUT2D eigenvalue weighted by atomic mass is 10.2. The maximum atomic E-state index is 9.11. The van der Waals surface area contributed by atoms with Gasteiger partial charge in [0, 0.05) is 25.7 Å². The van der Waals surface area contributed by atoms with Crippen molar-refractivity contribution in [3.63, 3.8) is 0 Å². The molecule has 0 spiro atoms. The maximum absolute atomic E-state index is 9.11. The first-order valence-corrected chi connectivity index (χ1v) is 6.65. The van der Waals surface area contributed by atoms with Gasteiger partial charge in [0.25, 0.3) is 0 Å². The third kappa shape index (κ3) is 5.49. The van der Waals surface area contributed by atoms with Crippen LogP contribution >= 0.6 is 0 Å². The Morgan fingerprint density at radius 1 is 1.53 bits per heavy atom. The predicted octanol–water partition coefficient (Wildman–Crippen LogP) is 1.38. The number of rotatable bonds is 7. The van der Waals surface area contributed by atoms with Crippen molar-refractivity contribution in [2.45, 2.75) is 51.8 Å². The van der Waals surface area contributed by atoms with E-state index in [2.05, 4.69) is 37.1 Å². The van der Waals surface area contributed by atoms with Crippen LogP contribution in [0.3, 0.4) is 0 Å². The zero-order chi connectivity index (χ0) is 12.7. The first kappa shape index (κ1) is 14.4. The Morgan fingerprint density at radius 2 is 2.29 bits per heavy atom. The van der Waals surface area contributed by atoms with E-state index in [1.54, 1.807) is 0 Å². The van der Waals surface area contributed by atoms with Crippen LogP contribution in [-0.2, 0) is 4.74 Å². The van der Waals surface area contributed by atoms with Crippen LogP contribution in [0.25, 0.3) is 0 Å². The third-order valence-electron chi connectivity index (χ3n) is 3.06. The summed E-state index contributed by atoms with van der Waals surface area (Å²) in [6.07, 6.45) is 2.70. The standard InChI is InChI=1S/C13H25N3O/c1-4-16(10-13-6-5-7-17-13)9-12(8-14)15-11(2)3/h11-13,15H,4-7,9-10H2,1-3H3. The Kier molecular flexibility index (Phi) is 6.49. The van der Waals surface area contributed by atoms with E-state index in [0.29, 0.717) is 12.1 Å². The largest absolute Gasteiger partial charge is 0.377 e. The number of hydrogen-bond acceptors (Lipinski definition) is 4. The summed E-state index contributed by atoms with van der Waals surface area (Å²) in [6.45, 7) is 9.88. The highest BCUT2D eigenvalue weighted by Crippen LogP contribution is 2.13. The second-order valence-electron chi connectivity index (χ2n) is 4.99. The third-order valence-corrected chi connectivity index (χ3v) is 3.06. The lowest BCUT2D eigenvalue weighted by molar-refractivity contribution is 0.0731. The van der Waals surface area contributed by atoms with Gasteiger partial charge in [-0.2, -0.15) is 5.26 Å². The summed E-state index contributed by atoms with van der Waals surface area (Å²) in [5.41, 5.74) is 0. The fourth-order valence-electron chi connectivity index (χ4n) is 2.20. The number of nitrogens with one attached hydrogen (secondary N) is 1. The Bertz CT molecular complexity index is 244. The van der Waals surface area contributed by atoms with E-state index in [4.69, 9.17) is 10.00 Å². The zero-order valence-electron chi connectivity index (χ0n) is 11.3. The monoisotopic (exact) mass is 239 g/mol. The molecule has 1 heterocycles. The quantitative estimate of drug-likeness (QED) is 0.729. The van der Waals surface area contributed by atoms with Crippen molar-refractivity contribution in [3.8, 4) is 6.07 Å². The molecule has 0 aromatic heterocycles. The summed E-state index contributed by atoms with van der Waals surface area (Å²) in [5.74, 6) is 0. The molecule has 0 bridgehead atoms. The molecule has 0 aromatic rings. The van der Waals surface area contributed by atoms with Gasteiger partial charge in [0.15, 0.2) is 0 Å². The zero-order valence-corrected chi connectivity index (χ0v) is 11.3. The van der Waals surface area contributed by atoms with Crippen LogP contribution in [0, 0.1) is 11.3 Å². The minimum Gasteiger partial charge on any atom is -0.377 e. The summed E-state index contributed by atoms with van der Waals surface area (Å²) in [6, 6.07) is 2.59. The van der Waals surface area contributed by atoms with Crippen molar-refractivity contribution in [2.75, 3.05) is 26.2 Å². The van der Waals surface area contributed by atoms with E-state index in [1.807, 2.05) is 0 Å². The van der Waals surface area contributed by atoms with Crippen LogP contribution in [0.5, 0.6) is 0 Å². The molecule has 0 radical (unpaired) electrons. The maximum Gasteiger partial charge on any atom is 0.108 e. The Hall–Kier alpha value is -0.630. The molecule has 98 valence electrons. The van der Waals surface area contributed by atoms with Gasteiger partial charge in [-0.25, -0.2) is 0 Å². The van der Waals surface area contributed by atoms with Gasteiger partial charge in [0.05, 0.1) is 12.2 Å². The van der Waals surface area contributed by atoms with E-state index < -0.39 is 0 Å². The SMILES string of the molecule is CCN(CC(C#N)NC(C)C)CC1CCCO1. The van der Waals surface area contributed by atoms with E-state index in [0.717, 1.165) is 32.7 Å². The van der Waals surface area contributed by atoms with Crippen molar-refractivity contribution in [3.05, 3.63) is 0 Å².